The van der Waals surface area contributed by atoms with Crippen LogP contribution in [0.3, 0.4) is 0 Å². The molecule has 2 amide bonds. The molecule has 0 unspecified atom stereocenters. The first-order valence-electron chi connectivity index (χ1n) is 8.35. The van der Waals surface area contributed by atoms with Crippen molar-refractivity contribution in [2.45, 2.75) is 39.7 Å². The molecule has 0 aromatic heterocycles. The zero-order chi connectivity index (χ0) is 16.8. The van der Waals surface area contributed by atoms with E-state index in [2.05, 4.69) is 5.32 Å². The molecule has 1 atom stereocenters. The topological polar surface area (TPSA) is 58.6 Å². The second-order valence-corrected chi connectivity index (χ2v) is 6.18. The number of nitrogens with one attached hydrogen (secondary N) is 1. The minimum absolute atomic E-state index is 0.0725. The summed E-state index contributed by atoms with van der Waals surface area (Å²) in [6.07, 6.45) is 1.75. The van der Waals surface area contributed by atoms with E-state index in [1.807, 2.05) is 39.0 Å². The minimum Gasteiger partial charge on any atom is -0.491 e. The second-order valence-electron chi connectivity index (χ2n) is 6.18. The molecule has 1 saturated heterocycles. The molecule has 1 aliphatic heterocycles. The van der Waals surface area contributed by atoms with Crippen LogP contribution in [0.1, 0.15) is 44.0 Å². The molecule has 23 heavy (non-hydrogen) atoms. The highest BCUT2D eigenvalue weighted by molar-refractivity contribution is 5.98. The van der Waals surface area contributed by atoms with Crippen LogP contribution in [0, 0.1) is 5.92 Å². The maximum Gasteiger partial charge on any atom is 0.317 e. The normalized spacial score (nSPS) is 17.9. The van der Waals surface area contributed by atoms with E-state index >= 15 is 0 Å². The molecule has 1 N–H and O–H groups in total. The monoisotopic (exact) mass is 318 g/mol. The van der Waals surface area contributed by atoms with Crippen LogP contribution in [-0.2, 0) is 0 Å². The molecule has 1 fully saturated rings. The minimum atomic E-state index is -0.138. The van der Waals surface area contributed by atoms with Gasteiger partial charge in [-0.3, -0.25) is 4.79 Å². The van der Waals surface area contributed by atoms with Gasteiger partial charge in [-0.1, -0.05) is 12.1 Å². The maximum absolute atomic E-state index is 12.7. The first-order chi connectivity index (χ1) is 11.0. The summed E-state index contributed by atoms with van der Waals surface area (Å²) in [5, 5.41) is 2.80. The first-order valence-corrected chi connectivity index (χ1v) is 8.35. The van der Waals surface area contributed by atoms with Crippen LogP contribution in [0.5, 0.6) is 5.75 Å². The maximum atomic E-state index is 12.7. The van der Waals surface area contributed by atoms with Crippen molar-refractivity contribution in [1.82, 2.24) is 10.2 Å². The molecule has 1 aromatic rings. The summed E-state index contributed by atoms with van der Waals surface area (Å²) in [6, 6.07) is 7.24. The number of carbonyl (C=O) groups excluding carboxylic acids is 2. The van der Waals surface area contributed by atoms with E-state index in [-0.39, 0.29) is 23.8 Å². The third-order valence-corrected chi connectivity index (χ3v) is 3.90. The van der Waals surface area contributed by atoms with Crippen molar-refractivity contribution in [3.8, 4) is 5.75 Å². The highest BCUT2D eigenvalue weighted by Gasteiger charge is 2.29. The van der Waals surface area contributed by atoms with Crippen LogP contribution < -0.4 is 10.1 Å². The number of benzene rings is 1. The van der Waals surface area contributed by atoms with E-state index in [9.17, 15) is 9.59 Å². The highest BCUT2D eigenvalue weighted by Crippen LogP contribution is 2.23. The molecule has 0 spiro atoms. The number of Topliss-reactive ketones (excluding diaryl/α,β-unsaturated/α-hetero) is 1. The number of urea groups is 1. The van der Waals surface area contributed by atoms with Crippen molar-refractivity contribution in [3.05, 3.63) is 29.8 Å². The van der Waals surface area contributed by atoms with E-state index in [0.717, 1.165) is 12.8 Å². The molecule has 2 rings (SSSR count). The van der Waals surface area contributed by atoms with Gasteiger partial charge in [-0.2, -0.15) is 0 Å². The number of ether oxygens (including phenoxy) is 1. The largest absolute Gasteiger partial charge is 0.491 e. The Hall–Kier alpha value is -2.04. The van der Waals surface area contributed by atoms with Crippen LogP contribution in [0.25, 0.3) is 0 Å². The predicted molar refractivity (Wildman–Crippen MR) is 89.9 cm³/mol. The van der Waals surface area contributed by atoms with Gasteiger partial charge in [-0.05, 0) is 45.7 Å². The quantitative estimate of drug-likeness (QED) is 0.849. The predicted octanol–water partition coefficient (Wildman–Crippen LogP) is 3.10. The summed E-state index contributed by atoms with van der Waals surface area (Å²) in [7, 11) is 0. The fourth-order valence-electron chi connectivity index (χ4n) is 2.87. The molecule has 0 aliphatic carbocycles. The third-order valence-electron chi connectivity index (χ3n) is 3.90. The van der Waals surface area contributed by atoms with Crippen LogP contribution in [-0.4, -0.2) is 42.5 Å². The van der Waals surface area contributed by atoms with Crippen molar-refractivity contribution >= 4 is 11.8 Å². The highest BCUT2D eigenvalue weighted by atomic mass is 16.5. The zero-order valence-corrected chi connectivity index (χ0v) is 14.2. The van der Waals surface area contributed by atoms with E-state index < -0.39 is 0 Å². The number of ketones is 1. The number of rotatable bonds is 5. The van der Waals surface area contributed by atoms with Crippen molar-refractivity contribution in [2.24, 2.45) is 5.92 Å². The molecular formula is C18H26N2O3. The molecule has 1 heterocycles. The average molecular weight is 318 g/mol. The number of likely N-dealkylation sites (tertiary alicyclic amines) is 1. The fourth-order valence-corrected chi connectivity index (χ4v) is 2.87. The third kappa shape index (κ3) is 4.71. The van der Waals surface area contributed by atoms with E-state index in [4.69, 9.17) is 4.74 Å². The first kappa shape index (κ1) is 17.3. The number of hydrogen-bond acceptors (Lipinski definition) is 3. The van der Waals surface area contributed by atoms with E-state index in [1.54, 1.807) is 11.0 Å². The summed E-state index contributed by atoms with van der Waals surface area (Å²) in [5.41, 5.74) is 0.658. The Bertz CT molecular complexity index is 557. The molecule has 0 bridgehead atoms. The van der Waals surface area contributed by atoms with Gasteiger partial charge in [0.2, 0.25) is 0 Å². The zero-order valence-electron chi connectivity index (χ0n) is 14.2. The van der Waals surface area contributed by atoms with Gasteiger partial charge in [0.1, 0.15) is 5.75 Å². The molecule has 126 valence electrons. The lowest BCUT2D eigenvalue weighted by Crippen LogP contribution is -2.47. The number of nitrogens with zero attached hydrogens (tertiary/aromatic N) is 1. The lowest BCUT2D eigenvalue weighted by atomic mass is 9.90. The molecule has 1 aromatic carbocycles. The smallest absolute Gasteiger partial charge is 0.317 e. The molecular weight excluding hydrogens is 292 g/mol. The SMILES string of the molecule is CCNC(=O)N1CCC[C@H](C(=O)c2cccc(OC(C)C)c2)C1. The Morgan fingerprint density at radius 3 is 2.87 bits per heavy atom. The molecule has 5 nitrogen and oxygen atoms in total. The standard InChI is InChI=1S/C18H26N2O3/c1-4-19-18(22)20-10-6-8-15(12-20)17(21)14-7-5-9-16(11-14)23-13(2)3/h5,7,9,11,13,15H,4,6,8,10,12H2,1-3H3,(H,19,22)/t15-/m0/s1. The summed E-state index contributed by atoms with van der Waals surface area (Å²) < 4.78 is 5.66. The van der Waals surface area contributed by atoms with Crippen molar-refractivity contribution in [3.63, 3.8) is 0 Å². The van der Waals surface area contributed by atoms with Gasteiger partial charge < -0.3 is 15.0 Å². The second kappa shape index (κ2) is 7.99. The summed E-state index contributed by atoms with van der Waals surface area (Å²) in [4.78, 5) is 26.5. The Labute approximate surface area is 138 Å². The molecule has 0 saturated carbocycles. The van der Waals surface area contributed by atoms with E-state index in [0.29, 0.717) is 30.9 Å². The molecule has 5 heteroatoms. The summed E-state index contributed by atoms with van der Waals surface area (Å²) in [6.45, 7) is 7.61. The van der Waals surface area contributed by atoms with Gasteiger partial charge in [0, 0.05) is 31.1 Å². The van der Waals surface area contributed by atoms with Crippen LogP contribution in [0.15, 0.2) is 24.3 Å². The Morgan fingerprint density at radius 1 is 1.39 bits per heavy atom. The van der Waals surface area contributed by atoms with Crippen molar-refractivity contribution in [2.75, 3.05) is 19.6 Å². The number of hydrogen-bond donors (Lipinski definition) is 1. The van der Waals surface area contributed by atoms with Gasteiger partial charge in [-0.15, -0.1) is 0 Å². The number of piperidine rings is 1. The lowest BCUT2D eigenvalue weighted by Gasteiger charge is -2.32. The lowest BCUT2D eigenvalue weighted by molar-refractivity contribution is 0.0845. The fraction of sp³-hybridized carbons (Fsp3) is 0.556. The van der Waals surface area contributed by atoms with Gasteiger partial charge in [0.25, 0.3) is 0 Å². The molecule has 1 aliphatic rings. The van der Waals surface area contributed by atoms with E-state index in [1.165, 1.54) is 0 Å². The van der Waals surface area contributed by atoms with Gasteiger partial charge in [-0.25, -0.2) is 4.79 Å². The van der Waals surface area contributed by atoms with Crippen LogP contribution in [0.4, 0.5) is 4.79 Å². The number of carbonyl (C=O) groups is 2. The summed E-state index contributed by atoms with van der Waals surface area (Å²) in [5.74, 6) is 0.663. The van der Waals surface area contributed by atoms with Crippen molar-refractivity contribution < 1.29 is 14.3 Å². The Kier molecular flexibility index (Phi) is 6.02. The van der Waals surface area contributed by atoms with Crippen LogP contribution in [0.2, 0.25) is 0 Å². The summed E-state index contributed by atoms with van der Waals surface area (Å²) >= 11 is 0. The van der Waals surface area contributed by atoms with Crippen molar-refractivity contribution in [1.29, 1.82) is 0 Å². The Balaban J connectivity index is 2.06. The van der Waals surface area contributed by atoms with Gasteiger partial charge in [0.15, 0.2) is 5.78 Å². The van der Waals surface area contributed by atoms with Gasteiger partial charge in [0.05, 0.1) is 6.10 Å². The van der Waals surface area contributed by atoms with Gasteiger partial charge >= 0.3 is 6.03 Å². The number of amides is 2. The average Bonchev–Trinajstić information content (AvgIpc) is 2.54. The molecule has 0 radical (unpaired) electrons. The van der Waals surface area contributed by atoms with Crippen LogP contribution >= 0.6 is 0 Å². The Morgan fingerprint density at radius 2 is 2.17 bits per heavy atom.